The van der Waals surface area contributed by atoms with Crippen LogP contribution in [0.3, 0.4) is 0 Å². The second-order valence-corrected chi connectivity index (χ2v) is 6.35. The van der Waals surface area contributed by atoms with Gasteiger partial charge in [-0.2, -0.15) is 0 Å². The van der Waals surface area contributed by atoms with Gasteiger partial charge in [0, 0.05) is 12.2 Å². The molecular weight excluding hydrogens is 360 g/mol. The predicted octanol–water partition coefficient (Wildman–Crippen LogP) is 1.80. The molecule has 0 fully saturated rings. The Kier molecular flexibility index (Phi) is 7.65. The maximum atomic E-state index is 12.4. The van der Waals surface area contributed by atoms with Gasteiger partial charge in [-0.05, 0) is 57.4 Å². The summed E-state index contributed by atoms with van der Waals surface area (Å²) >= 11 is 0. The average molecular weight is 384 g/mol. The second-order valence-electron chi connectivity index (χ2n) is 6.35. The average Bonchev–Trinajstić information content (AvgIpc) is 2.70. The van der Waals surface area contributed by atoms with Crippen LogP contribution in [0.25, 0.3) is 0 Å². The van der Waals surface area contributed by atoms with Gasteiger partial charge in [0.2, 0.25) is 0 Å². The first kappa shape index (κ1) is 21.0. The summed E-state index contributed by atoms with van der Waals surface area (Å²) in [5.41, 5.74) is 1.01. The molecule has 0 radical (unpaired) electrons. The van der Waals surface area contributed by atoms with Gasteiger partial charge in [0.25, 0.3) is 11.8 Å². The van der Waals surface area contributed by atoms with Gasteiger partial charge in [0.05, 0.1) is 12.7 Å². The number of hydrogen-bond donors (Lipinski definition) is 2. The number of anilines is 1. The van der Waals surface area contributed by atoms with Crippen LogP contribution in [0.5, 0.6) is 0 Å². The molecular formula is C20H24N4O4. The van der Waals surface area contributed by atoms with E-state index in [2.05, 4.69) is 20.4 Å². The van der Waals surface area contributed by atoms with Crippen LogP contribution in [0, 0.1) is 0 Å². The zero-order chi connectivity index (χ0) is 20.5. The van der Waals surface area contributed by atoms with Gasteiger partial charge >= 0.3 is 5.97 Å². The van der Waals surface area contributed by atoms with Gasteiger partial charge in [-0.15, -0.1) is 0 Å². The Morgan fingerprint density at radius 3 is 2.39 bits per heavy atom. The number of carbonyl (C=O) groups is 3. The number of rotatable bonds is 8. The number of nitrogens with one attached hydrogen (secondary N) is 2. The Hall–Kier alpha value is -3.26. The Labute approximate surface area is 163 Å². The SMILES string of the molecule is COC(=O)c1cccc(NC(=O)c2cccc(C(=O)NCCCN(C)C)n2)c1. The number of methoxy groups -OCH3 is 1. The lowest BCUT2D eigenvalue weighted by molar-refractivity contribution is 0.0600. The van der Waals surface area contributed by atoms with Crippen molar-refractivity contribution < 1.29 is 19.1 Å². The fourth-order valence-corrected chi connectivity index (χ4v) is 2.41. The smallest absolute Gasteiger partial charge is 0.337 e. The molecule has 1 heterocycles. The minimum Gasteiger partial charge on any atom is -0.465 e. The summed E-state index contributed by atoms with van der Waals surface area (Å²) in [6.07, 6.45) is 0.815. The van der Waals surface area contributed by atoms with Crippen LogP contribution in [0.2, 0.25) is 0 Å². The van der Waals surface area contributed by atoms with Gasteiger partial charge in [-0.25, -0.2) is 9.78 Å². The fourth-order valence-electron chi connectivity index (χ4n) is 2.41. The fraction of sp³-hybridized carbons (Fsp3) is 0.300. The van der Waals surface area contributed by atoms with Crippen LogP contribution < -0.4 is 10.6 Å². The highest BCUT2D eigenvalue weighted by Gasteiger charge is 2.13. The molecule has 2 rings (SSSR count). The summed E-state index contributed by atoms with van der Waals surface area (Å²) in [7, 11) is 5.22. The quantitative estimate of drug-likeness (QED) is 0.532. The molecule has 1 aromatic carbocycles. The standard InChI is InChI=1S/C20H24N4O4/c1-24(2)12-6-11-21-18(25)16-9-5-10-17(23-16)19(26)22-15-8-4-7-14(13-15)20(27)28-3/h4-5,7-10,13H,6,11-12H2,1-3H3,(H,21,25)(H,22,26). The molecule has 0 unspecified atom stereocenters. The first-order valence-corrected chi connectivity index (χ1v) is 8.80. The van der Waals surface area contributed by atoms with Gasteiger partial charge in [-0.3, -0.25) is 9.59 Å². The predicted molar refractivity (Wildman–Crippen MR) is 105 cm³/mol. The van der Waals surface area contributed by atoms with Crippen molar-refractivity contribution in [1.82, 2.24) is 15.2 Å². The number of esters is 1. The van der Waals surface area contributed by atoms with E-state index >= 15 is 0 Å². The van der Waals surface area contributed by atoms with Crippen LogP contribution in [0.1, 0.15) is 37.8 Å². The zero-order valence-corrected chi connectivity index (χ0v) is 16.2. The maximum absolute atomic E-state index is 12.4. The molecule has 2 N–H and O–H groups in total. The molecule has 0 aliphatic rings. The molecule has 0 aliphatic carbocycles. The van der Waals surface area contributed by atoms with Crippen molar-refractivity contribution in [1.29, 1.82) is 0 Å². The van der Waals surface area contributed by atoms with E-state index < -0.39 is 11.9 Å². The van der Waals surface area contributed by atoms with Crippen molar-refractivity contribution in [2.45, 2.75) is 6.42 Å². The van der Waals surface area contributed by atoms with E-state index in [1.807, 2.05) is 19.0 Å². The van der Waals surface area contributed by atoms with Crippen LogP contribution in [0.4, 0.5) is 5.69 Å². The number of ether oxygens (including phenoxy) is 1. The van der Waals surface area contributed by atoms with E-state index in [4.69, 9.17) is 0 Å². The molecule has 0 spiro atoms. The molecule has 8 nitrogen and oxygen atoms in total. The first-order valence-electron chi connectivity index (χ1n) is 8.80. The third-order valence-electron chi connectivity index (χ3n) is 3.82. The van der Waals surface area contributed by atoms with Crippen molar-refractivity contribution in [2.75, 3.05) is 39.6 Å². The third-order valence-corrected chi connectivity index (χ3v) is 3.82. The molecule has 0 saturated carbocycles. The Balaban J connectivity index is 2.02. The molecule has 148 valence electrons. The van der Waals surface area contributed by atoms with Gasteiger partial charge in [-0.1, -0.05) is 12.1 Å². The zero-order valence-electron chi connectivity index (χ0n) is 16.2. The number of nitrogens with zero attached hydrogens (tertiary/aromatic N) is 2. The molecule has 2 aromatic rings. The monoisotopic (exact) mass is 384 g/mol. The minimum absolute atomic E-state index is 0.101. The number of amides is 2. The van der Waals surface area contributed by atoms with Crippen LogP contribution in [-0.4, -0.2) is 62.0 Å². The summed E-state index contributed by atoms with van der Waals surface area (Å²) < 4.78 is 4.67. The lowest BCUT2D eigenvalue weighted by atomic mass is 10.2. The molecule has 8 heteroatoms. The van der Waals surface area contributed by atoms with Crippen LogP contribution in [0.15, 0.2) is 42.5 Å². The van der Waals surface area contributed by atoms with Crippen molar-refractivity contribution in [3.63, 3.8) is 0 Å². The van der Waals surface area contributed by atoms with Crippen molar-refractivity contribution in [3.8, 4) is 0 Å². The first-order chi connectivity index (χ1) is 13.4. The number of hydrogen-bond acceptors (Lipinski definition) is 6. The van der Waals surface area contributed by atoms with Crippen molar-refractivity contribution >= 4 is 23.5 Å². The number of carbonyl (C=O) groups excluding carboxylic acids is 3. The Bertz CT molecular complexity index is 852. The van der Waals surface area contributed by atoms with E-state index in [0.29, 0.717) is 17.8 Å². The lowest BCUT2D eigenvalue weighted by Crippen LogP contribution is -2.28. The summed E-state index contributed by atoms with van der Waals surface area (Å²) in [5, 5.41) is 5.45. The molecule has 2 amide bonds. The van der Waals surface area contributed by atoms with Crippen molar-refractivity contribution in [2.24, 2.45) is 0 Å². The van der Waals surface area contributed by atoms with Crippen LogP contribution >= 0.6 is 0 Å². The van der Waals surface area contributed by atoms with Gasteiger partial charge in [0.1, 0.15) is 11.4 Å². The summed E-state index contributed by atoms with van der Waals surface area (Å²) in [4.78, 5) is 42.4. The minimum atomic E-state index is -0.498. The molecule has 0 bridgehead atoms. The highest BCUT2D eigenvalue weighted by atomic mass is 16.5. The van der Waals surface area contributed by atoms with Gasteiger partial charge in [0.15, 0.2) is 0 Å². The molecule has 0 saturated heterocycles. The van der Waals surface area contributed by atoms with Crippen molar-refractivity contribution in [3.05, 3.63) is 59.4 Å². The summed E-state index contributed by atoms with van der Waals surface area (Å²) in [6, 6.07) is 11.0. The number of pyridine rings is 1. The highest BCUT2D eigenvalue weighted by molar-refractivity contribution is 6.04. The Morgan fingerprint density at radius 2 is 1.71 bits per heavy atom. The Morgan fingerprint density at radius 1 is 1.04 bits per heavy atom. The molecule has 1 aromatic heterocycles. The normalized spacial score (nSPS) is 10.4. The topological polar surface area (TPSA) is 101 Å². The third kappa shape index (κ3) is 6.17. The van der Waals surface area contributed by atoms with E-state index in [-0.39, 0.29) is 17.3 Å². The number of benzene rings is 1. The number of aromatic nitrogens is 1. The van der Waals surface area contributed by atoms with E-state index in [1.165, 1.54) is 19.2 Å². The van der Waals surface area contributed by atoms with E-state index in [0.717, 1.165) is 13.0 Å². The molecule has 0 aliphatic heterocycles. The second kappa shape index (κ2) is 10.2. The highest BCUT2D eigenvalue weighted by Crippen LogP contribution is 2.13. The lowest BCUT2D eigenvalue weighted by Gasteiger charge is -2.10. The van der Waals surface area contributed by atoms with Crippen LogP contribution in [-0.2, 0) is 4.74 Å². The maximum Gasteiger partial charge on any atom is 0.337 e. The molecule has 28 heavy (non-hydrogen) atoms. The van der Waals surface area contributed by atoms with E-state index in [9.17, 15) is 14.4 Å². The summed E-state index contributed by atoms with van der Waals surface area (Å²) in [5.74, 6) is -1.31. The van der Waals surface area contributed by atoms with E-state index in [1.54, 1.807) is 30.3 Å². The largest absolute Gasteiger partial charge is 0.465 e. The molecule has 0 atom stereocenters. The van der Waals surface area contributed by atoms with Gasteiger partial charge < -0.3 is 20.3 Å². The summed E-state index contributed by atoms with van der Waals surface area (Å²) in [6.45, 7) is 1.39.